The zero-order chi connectivity index (χ0) is 24.6. The molecule has 8 nitrogen and oxygen atoms in total. The minimum atomic E-state index is -0.423. The number of ether oxygens (including phenoxy) is 1. The van der Waals surface area contributed by atoms with E-state index in [1.165, 1.54) is 5.57 Å². The van der Waals surface area contributed by atoms with Gasteiger partial charge in [0.15, 0.2) is 5.95 Å². The van der Waals surface area contributed by atoms with Crippen molar-refractivity contribution in [2.24, 2.45) is 5.92 Å². The van der Waals surface area contributed by atoms with Crippen LogP contribution in [0, 0.1) is 5.92 Å². The van der Waals surface area contributed by atoms with Crippen LogP contribution in [0.2, 0.25) is 0 Å². The number of pyridine rings is 1. The molecule has 1 aromatic carbocycles. The van der Waals surface area contributed by atoms with Crippen molar-refractivity contribution in [1.82, 2.24) is 19.9 Å². The van der Waals surface area contributed by atoms with Crippen LogP contribution in [0.25, 0.3) is 27.6 Å². The van der Waals surface area contributed by atoms with Crippen molar-refractivity contribution in [2.45, 2.75) is 58.5 Å². The Kier molecular flexibility index (Phi) is 5.96. The number of hydrogen-bond acceptors (Lipinski definition) is 6. The number of allylic oxidation sites excluding steroid dienone is 2. The van der Waals surface area contributed by atoms with Crippen molar-refractivity contribution in [3.05, 3.63) is 48.3 Å². The van der Waals surface area contributed by atoms with Crippen LogP contribution in [0.15, 0.2) is 42.6 Å². The molecule has 0 unspecified atom stereocenters. The second kappa shape index (κ2) is 9.09. The van der Waals surface area contributed by atoms with Gasteiger partial charge in [-0.1, -0.05) is 6.08 Å². The summed E-state index contributed by atoms with van der Waals surface area (Å²) in [4.78, 5) is 27.4. The van der Waals surface area contributed by atoms with Crippen LogP contribution in [-0.2, 0) is 9.53 Å². The Morgan fingerprint density at radius 2 is 2.09 bits per heavy atom. The van der Waals surface area contributed by atoms with Crippen LogP contribution in [0.3, 0.4) is 0 Å². The van der Waals surface area contributed by atoms with E-state index >= 15 is 0 Å². The molecule has 0 saturated heterocycles. The van der Waals surface area contributed by atoms with Crippen molar-refractivity contribution < 1.29 is 9.53 Å². The minimum Gasteiger partial charge on any atom is -0.460 e. The summed E-state index contributed by atoms with van der Waals surface area (Å²) in [6.45, 7) is 5.72. The zero-order valence-electron chi connectivity index (χ0n) is 20.4. The Hall–Kier alpha value is -3.81. The fraction of sp³-hybridized carbons (Fsp3) is 0.370. The highest BCUT2D eigenvalue weighted by Crippen LogP contribution is 2.35. The van der Waals surface area contributed by atoms with Gasteiger partial charge in [-0.25, -0.2) is 9.97 Å². The Labute approximate surface area is 204 Å². The first-order valence-electron chi connectivity index (χ1n) is 12.1. The fourth-order valence-corrected chi connectivity index (χ4v) is 4.68. The van der Waals surface area contributed by atoms with Crippen molar-refractivity contribution in [3.63, 3.8) is 0 Å². The number of carbonyl (C=O) groups is 1. The molecule has 5 rings (SSSR count). The standard InChI is InChI=1S/C27H32N6O2/c1-27(2,3)35-24(34)11-6-16-4-7-17(8-5-16)22-15-19-20(12-13-29-25(19)31-22)30-18-9-10-21-23(14-18)33-26(28)32-21/h7,9-10,12-16H,4-6,8,11H2,1-3H3,(H3,28,32,33)(H2,29,30,31)/t16-/m1/s1. The van der Waals surface area contributed by atoms with Crippen molar-refractivity contribution in [3.8, 4) is 0 Å². The molecule has 0 spiro atoms. The van der Waals surface area contributed by atoms with Crippen molar-refractivity contribution in [2.75, 3.05) is 11.1 Å². The van der Waals surface area contributed by atoms with Crippen LogP contribution in [-0.4, -0.2) is 31.5 Å². The predicted octanol–water partition coefficient (Wildman–Crippen LogP) is 6.07. The Morgan fingerprint density at radius 3 is 2.86 bits per heavy atom. The number of aromatic amines is 2. The fourth-order valence-electron chi connectivity index (χ4n) is 4.68. The zero-order valence-corrected chi connectivity index (χ0v) is 20.4. The predicted molar refractivity (Wildman–Crippen MR) is 140 cm³/mol. The van der Waals surface area contributed by atoms with Crippen LogP contribution < -0.4 is 11.1 Å². The highest BCUT2D eigenvalue weighted by molar-refractivity contribution is 5.94. The molecular weight excluding hydrogens is 440 g/mol. The first-order valence-corrected chi connectivity index (χ1v) is 12.1. The molecule has 1 aliphatic carbocycles. The smallest absolute Gasteiger partial charge is 0.306 e. The molecule has 0 fully saturated rings. The summed E-state index contributed by atoms with van der Waals surface area (Å²) in [5.74, 6) is 0.813. The van der Waals surface area contributed by atoms with Gasteiger partial charge in [-0.3, -0.25) is 4.79 Å². The van der Waals surface area contributed by atoms with E-state index in [0.717, 1.165) is 64.8 Å². The van der Waals surface area contributed by atoms with Gasteiger partial charge in [0.05, 0.1) is 16.7 Å². The summed E-state index contributed by atoms with van der Waals surface area (Å²) in [6.07, 6.45) is 8.47. The maximum absolute atomic E-state index is 12.0. The number of carbonyl (C=O) groups excluding carboxylic acids is 1. The normalized spacial score (nSPS) is 16.4. The van der Waals surface area contributed by atoms with Gasteiger partial charge in [-0.15, -0.1) is 0 Å². The van der Waals surface area contributed by atoms with E-state index in [2.05, 4.69) is 37.4 Å². The van der Waals surface area contributed by atoms with Gasteiger partial charge in [-0.05, 0) is 88.3 Å². The molecule has 182 valence electrons. The lowest BCUT2D eigenvalue weighted by Gasteiger charge is -2.23. The molecule has 5 N–H and O–H groups in total. The third-order valence-electron chi connectivity index (χ3n) is 6.35. The number of H-pyrrole nitrogens is 2. The molecule has 0 saturated carbocycles. The number of aromatic nitrogens is 4. The highest BCUT2D eigenvalue weighted by atomic mass is 16.6. The quantitative estimate of drug-likeness (QED) is 0.253. The van der Waals surface area contributed by atoms with E-state index in [0.29, 0.717) is 18.3 Å². The van der Waals surface area contributed by atoms with Crippen LogP contribution in [0.1, 0.15) is 58.6 Å². The molecule has 1 atom stereocenters. The minimum absolute atomic E-state index is 0.107. The van der Waals surface area contributed by atoms with Gasteiger partial charge in [0.1, 0.15) is 11.2 Å². The summed E-state index contributed by atoms with van der Waals surface area (Å²) in [7, 11) is 0. The van der Waals surface area contributed by atoms with Crippen LogP contribution >= 0.6 is 0 Å². The number of nitrogens with zero attached hydrogens (tertiary/aromatic N) is 2. The van der Waals surface area contributed by atoms with Gasteiger partial charge in [0.25, 0.3) is 0 Å². The average molecular weight is 473 g/mol. The van der Waals surface area contributed by atoms with E-state index in [1.807, 2.05) is 45.0 Å². The van der Waals surface area contributed by atoms with Gasteiger partial charge in [-0.2, -0.15) is 0 Å². The monoisotopic (exact) mass is 472 g/mol. The summed E-state index contributed by atoms with van der Waals surface area (Å²) in [6, 6.07) is 10.1. The molecule has 0 bridgehead atoms. The molecule has 0 amide bonds. The molecule has 35 heavy (non-hydrogen) atoms. The molecule has 3 aromatic heterocycles. The Bertz CT molecular complexity index is 1410. The SMILES string of the molecule is CC(C)(C)OC(=O)CC[C@@H]1CC=C(c2cc3c(Nc4ccc5nc(N)[nH]c5c4)ccnc3[nH]2)CC1. The van der Waals surface area contributed by atoms with Gasteiger partial charge < -0.3 is 25.8 Å². The average Bonchev–Trinajstić information content (AvgIpc) is 3.40. The Balaban J connectivity index is 1.28. The molecule has 1 aliphatic rings. The third-order valence-corrected chi connectivity index (χ3v) is 6.35. The summed E-state index contributed by atoms with van der Waals surface area (Å²) < 4.78 is 5.45. The number of anilines is 3. The second-order valence-electron chi connectivity index (χ2n) is 10.3. The van der Waals surface area contributed by atoms with E-state index in [4.69, 9.17) is 10.5 Å². The molecular formula is C27H32N6O2. The molecule has 4 aromatic rings. The first-order chi connectivity index (χ1) is 16.7. The number of nitrogens with one attached hydrogen (secondary N) is 3. The maximum atomic E-state index is 12.0. The lowest BCUT2D eigenvalue weighted by atomic mass is 9.85. The summed E-state index contributed by atoms with van der Waals surface area (Å²) >= 11 is 0. The van der Waals surface area contributed by atoms with Crippen LogP contribution in [0.4, 0.5) is 17.3 Å². The van der Waals surface area contributed by atoms with E-state index < -0.39 is 5.60 Å². The molecule has 8 heteroatoms. The number of hydrogen-bond donors (Lipinski definition) is 4. The number of esters is 1. The number of nitrogens with two attached hydrogens (primary N) is 1. The Morgan fingerprint density at radius 1 is 1.23 bits per heavy atom. The lowest BCUT2D eigenvalue weighted by molar-refractivity contribution is -0.155. The molecule has 3 heterocycles. The van der Waals surface area contributed by atoms with Gasteiger partial charge in [0, 0.05) is 29.4 Å². The third kappa shape index (κ3) is 5.31. The maximum Gasteiger partial charge on any atom is 0.306 e. The topological polar surface area (TPSA) is 122 Å². The second-order valence-corrected chi connectivity index (χ2v) is 10.3. The van der Waals surface area contributed by atoms with Crippen LogP contribution in [0.5, 0.6) is 0 Å². The first kappa shape index (κ1) is 23.0. The summed E-state index contributed by atoms with van der Waals surface area (Å²) in [5.41, 5.74) is 12.3. The van der Waals surface area contributed by atoms with Crippen molar-refractivity contribution >= 4 is 50.9 Å². The van der Waals surface area contributed by atoms with Crippen molar-refractivity contribution in [1.29, 1.82) is 0 Å². The van der Waals surface area contributed by atoms with E-state index in [9.17, 15) is 4.79 Å². The lowest BCUT2D eigenvalue weighted by Crippen LogP contribution is -2.24. The molecule has 0 aliphatic heterocycles. The van der Waals surface area contributed by atoms with Gasteiger partial charge >= 0.3 is 5.97 Å². The number of fused-ring (bicyclic) bond motifs is 2. The van der Waals surface area contributed by atoms with E-state index in [-0.39, 0.29) is 5.97 Å². The number of rotatable bonds is 6. The number of imidazole rings is 1. The van der Waals surface area contributed by atoms with Gasteiger partial charge in [0.2, 0.25) is 0 Å². The summed E-state index contributed by atoms with van der Waals surface area (Å²) in [5, 5.41) is 4.54. The largest absolute Gasteiger partial charge is 0.460 e. The molecule has 0 radical (unpaired) electrons. The van der Waals surface area contributed by atoms with E-state index in [1.54, 1.807) is 6.20 Å². The highest BCUT2D eigenvalue weighted by Gasteiger charge is 2.21. The number of benzene rings is 1. The number of nitrogen functional groups attached to an aromatic ring is 1.